The molecule has 0 spiro atoms. The number of hydrogen-bond acceptors (Lipinski definition) is 6. The highest BCUT2D eigenvalue weighted by Gasteiger charge is 2.18. The Morgan fingerprint density at radius 3 is 2.57 bits per heavy atom. The van der Waals surface area contributed by atoms with E-state index in [1.165, 1.54) is 24.3 Å². The zero-order valence-corrected chi connectivity index (χ0v) is 16.8. The molecule has 3 rings (SSSR count). The fourth-order valence-corrected chi connectivity index (χ4v) is 3.83. The predicted molar refractivity (Wildman–Crippen MR) is 114 cm³/mol. The summed E-state index contributed by atoms with van der Waals surface area (Å²) in [5.74, 6) is -0.583. The molecule has 0 aliphatic rings. The van der Waals surface area contributed by atoms with Crippen LogP contribution in [0.3, 0.4) is 0 Å². The number of nitrogen functional groups attached to an aromatic ring is 1. The van der Waals surface area contributed by atoms with Gasteiger partial charge in [-0.2, -0.15) is 8.42 Å². The molecule has 1 amide bonds. The molecule has 0 unspecified atom stereocenters. The van der Waals surface area contributed by atoms with E-state index in [1.807, 2.05) is 6.07 Å². The number of amidine groups is 1. The first-order valence-electron chi connectivity index (χ1n) is 9.11. The summed E-state index contributed by atoms with van der Waals surface area (Å²) in [6.07, 6.45) is 0.183. The molecule has 0 aliphatic carbocycles. The van der Waals surface area contributed by atoms with Crippen LogP contribution in [-0.2, 0) is 14.3 Å². The lowest BCUT2D eigenvalue weighted by atomic mass is 10.0. The minimum atomic E-state index is -4.04. The van der Waals surface area contributed by atoms with Crippen LogP contribution in [0.25, 0.3) is 10.8 Å². The molecule has 3 aromatic carbocycles. The van der Waals surface area contributed by atoms with Crippen molar-refractivity contribution in [2.45, 2.75) is 11.3 Å². The topological polar surface area (TPSA) is 143 Å². The molecule has 0 bridgehead atoms. The Morgan fingerprint density at radius 1 is 1.07 bits per heavy atom. The van der Waals surface area contributed by atoms with Crippen molar-refractivity contribution in [2.24, 2.45) is 5.73 Å². The van der Waals surface area contributed by atoms with E-state index >= 15 is 0 Å². The van der Waals surface area contributed by atoms with Crippen molar-refractivity contribution >= 4 is 38.3 Å². The number of aliphatic hydroxyl groups is 1. The van der Waals surface area contributed by atoms with E-state index in [-0.39, 0.29) is 35.9 Å². The molecule has 3 aromatic rings. The summed E-state index contributed by atoms with van der Waals surface area (Å²) in [5, 5.41) is 20.7. The van der Waals surface area contributed by atoms with E-state index in [0.29, 0.717) is 16.6 Å². The highest BCUT2D eigenvalue weighted by molar-refractivity contribution is 7.86. The Balaban J connectivity index is 1.88. The van der Waals surface area contributed by atoms with Crippen molar-refractivity contribution in [3.8, 4) is 0 Å². The van der Waals surface area contributed by atoms with Crippen LogP contribution in [-0.4, -0.2) is 38.5 Å². The summed E-state index contributed by atoms with van der Waals surface area (Å²) < 4.78 is 29.3. The van der Waals surface area contributed by atoms with Crippen LogP contribution in [0.2, 0.25) is 0 Å². The van der Waals surface area contributed by atoms with Crippen LogP contribution in [0.1, 0.15) is 22.3 Å². The van der Waals surface area contributed by atoms with Gasteiger partial charge in [0.15, 0.2) is 0 Å². The average Bonchev–Trinajstić information content (AvgIpc) is 2.73. The number of nitrogens with one attached hydrogen (secondary N) is 2. The maximum atomic E-state index is 12.8. The van der Waals surface area contributed by atoms with Gasteiger partial charge in [0.2, 0.25) is 0 Å². The van der Waals surface area contributed by atoms with Crippen molar-refractivity contribution in [1.82, 2.24) is 0 Å². The number of carbonyl (C=O) groups excluding carboxylic acids is 1. The molecular formula is C21H21N3O5S. The lowest BCUT2D eigenvalue weighted by molar-refractivity contribution is 0.102. The van der Waals surface area contributed by atoms with Gasteiger partial charge in [-0.05, 0) is 42.1 Å². The van der Waals surface area contributed by atoms with Crippen molar-refractivity contribution in [3.05, 3.63) is 71.8 Å². The number of rotatable bonds is 8. The number of hydrogen-bond donors (Lipinski definition) is 4. The highest BCUT2D eigenvalue weighted by Crippen LogP contribution is 2.25. The summed E-state index contributed by atoms with van der Waals surface area (Å²) in [5.41, 5.74) is 6.73. The van der Waals surface area contributed by atoms with Gasteiger partial charge in [-0.3, -0.25) is 14.4 Å². The maximum absolute atomic E-state index is 12.8. The summed E-state index contributed by atoms with van der Waals surface area (Å²) in [6.45, 7) is -0.335. The number of carbonyl (C=O) groups is 1. The molecule has 156 valence electrons. The smallest absolute Gasteiger partial charge is 0.296 e. The second kappa shape index (κ2) is 9.04. The molecule has 0 radical (unpaired) electrons. The number of fused-ring (bicyclic) bond motifs is 1. The van der Waals surface area contributed by atoms with E-state index in [9.17, 15) is 13.2 Å². The van der Waals surface area contributed by atoms with E-state index in [4.69, 9.17) is 20.4 Å². The molecule has 0 aromatic heterocycles. The van der Waals surface area contributed by atoms with Crippen LogP contribution in [0.5, 0.6) is 0 Å². The third-order valence-corrected chi connectivity index (χ3v) is 5.68. The normalized spacial score (nSPS) is 11.4. The van der Waals surface area contributed by atoms with E-state index in [1.54, 1.807) is 30.3 Å². The van der Waals surface area contributed by atoms with Crippen molar-refractivity contribution < 1.29 is 22.5 Å². The van der Waals surface area contributed by atoms with Crippen molar-refractivity contribution in [2.75, 3.05) is 18.5 Å². The van der Waals surface area contributed by atoms with Gasteiger partial charge in [-0.1, -0.05) is 30.3 Å². The zero-order valence-electron chi connectivity index (χ0n) is 16.0. The molecule has 0 heterocycles. The van der Waals surface area contributed by atoms with Gasteiger partial charge in [0.05, 0.1) is 11.5 Å². The van der Waals surface area contributed by atoms with Crippen molar-refractivity contribution in [3.63, 3.8) is 0 Å². The summed E-state index contributed by atoms with van der Waals surface area (Å²) in [6, 6.07) is 16.1. The van der Waals surface area contributed by atoms with E-state index in [0.717, 1.165) is 5.39 Å². The minimum absolute atomic E-state index is 0.0860. The highest BCUT2D eigenvalue weighted by atomic mass is 32.2. The second-order valence-electron chi connectivity index (χ2n) is 6.49. The van der Waals surface area contributed by atoms with Gasteiger partial charge in [0.1, 0.15) is 5.84 Å². The third kappa shape index (κ3) is 4.82. The fraction of sp³-hybridized carbons (Fsp3) is 0.143. The van der Waals surface area contributed by atoms with Crippen LogP contribution in [0.4, 0.5) is 5.69 Å². The van der Waals surface area contributed by atoms with Crippen LogP contribution < -0.4 is 11.1 Å². The quantitative estimate of drug-likeness (QED) is 0.188. The van der Waals surface area contributed by atoms with Gasteiger partial charge in [0.25, 0.3) is 16.0 Å². The number of anilines is 1. The lowest BCUT2D eigenvalue weighted by Crippen LogP contribution is -2.14. The molecular weight excluding hydrogens is 406 g/mol. The summed E-state index contributed by atoms with van der Waals surface area (Å²) >= 11 is 0. The summed E-state index contributed by atoms with van der Waals surface area (Å²) in [4.78, 5) is 12.6. The number of amides is 1. The number of benzene rings is 3. The molecule has 0 fully saturated rings. The van der Waals surface area contributed by atoms with Gasteiger partial charge in [-0.25, -0.2) is 0 Å². The lowest BCUT2D eigenvalue weighted by Gasteiger charge is -2.11. The molecule has 30 heavy (non-hydrogen) atoms. The molecule has 8 nitrogen and oxygen atoms in total. The van der Waals surface area contributed by atoms with Gasteiger partial charge >= 0.3 is 0 Å². The summed E-state index contributed by atoms with van der Waals surface area (Å²) in [7, 11) is -4.04. The Bertz CT molecular complexity index is 1210. The van der Waals surface area contributed by atoms with Gasteiger partial charge in [-0.15, -0.1) is 0 Å². The first kappa shape index (κ1) is 21.4. The Morgan fingerprint density at radius 2 is 1.83 bits per heavy atom. The Hall–Kier alpha value is -3.27. The largest absolute Gasteiger partial charge is 0.396 e. The van der Waals surface area contributed by atoms with Gasteiger partial charge in [0, 0.05) is 28.8 Å². The molecule has 9 heteroatoms. The predicted octanol–water partition coefficient (Wildman–Crippen LogP) is 2.46. The van der Waals surface area contributed by atoms with E-state index in [2.05, 4.69) is 5.32 Å². The standard InChI is InChI=1S/C21H21N3O5S/c22-20(23)15-9-8-14-4-2-7-19(18(14)13-15)24-21(26)16-5-1-6-17(12-16)30(27,28)29-11-3-10-25/h1-2,4-9,12-13,25H,3,10-11H2,(H3,22,23)(H,24,26). The third-order valence-electron chi connectivity index (χ3n) is 4.37. The Kier molecular flexibility index (Phi) is 6.46. The first-order chi connectivity index (χ1) is 14.3. The van der Waals surface area contributed by atoms with Crippen LogP contribution in [0, 0.1) is 5.41 Å². The molecule has 0 saturated carbocycles. The number of aliphatic hydroxyl groups excluding tert-OH is 1. The average molecular weight is 427 g/mol. The first-order valence-corrected chi connectivity index (χ1v) is 10.5. The zero-order chi connectivity index (χ0) is 21.7. The number of nitrogens with two attached hydrogens (primary N) is 1. The maximum Gasteiger partial charge on any atom is 0.296 e. The van der Waals surface area contributed by atoms with Gasteiger partial charge < -0.3 is 16.2 Å². The Labute approximate surface area is 173 Å². The molecule has 5 N–H and O–H groups in total. The van der Waals surface area contributed by atoms with Crippen molar-refractivity contribution in [1.29, 1.82) is 5.41 Å². The van der Waals surface area contributed by atoms with Crippen LogP contribution in [0.15, 0.2) is 65.6 Å². The van der Waals surface area contributed by atoms with Crippen LogP contribution >= 0.6 is 0 Å². The fourth-order valence-electron chi connectivity index (χ4n) is 2.84. The SMILES string of the molecule is N=C(N)c1ccc2cccc(NC(=O)c3cccc(S(=O)(=O)OCCCO)c3)c2c1. The second-order valence-corrected chi connectivity index (χ2v) is 8.11. The monoisotopic (exact) mass is 427 g/mol. The minimum Gasteiger partial charge on any atom is -0.396 e. The molecule has 0 aliphatic heterocycles. The molecule has 0 atom stereocenters. The molecule has 0 saturated heterocycles. The van der Waals surface area contributed by atoms with E-state index < -0.39 is 16.0 Å².